The van der Waals surface area contributed by atoms with Gasteiger partial charge in [0.05, 0.1) is 0 Å². The molecule has 0 aliphatic carbocycles. The van der Waals surface area contributed by atoms with Gasteiger partial charge in [-0.3, -0.25) is 0 Å². The Bertz CT molecular complexity index is 489. The van der Waals surface area contributed by atoms with Crippen molar-refractivity contribution in [3.05, 3.63) is 17.7 Å². The van der Waals surface area contributed by atoms with E-state index in [1.165, 1.54) is 0 Å². The summed E-state index contributed by atoms with van der Waals surface area (Å²) in [4.78, 5) is 11.2. The Morgan fingerprint density at radius 2 is 2.15 bits per heavy atom. The molecule has 0 saturated heterocycles. The Balaban J connectivity index is 2.26. The fourth-order valence-corrected chi connectivity index (χ4v) is 2.05. The Morgan fingerprint density at radius 1 is 1.45 bits per heavy atom. The minimum Gasteiger partial charge on any atom is -0.479 e. The van der Waals surface area contributed by atoms with E-state index in [1.807, 2.05) is 20.0 Å². The number of rotatable bonds is 7. The van der Waals surface area contributed by atoms with E-state index in [4.69, 9.17) is 14.2 Å². The largest absolute Gasteiger partial charge is 0.479 e. The van der Waals surface area contributed by atoms with Crippen LogP contribution in [-0.2, 0) is 11.3 Å². The molecule has 0 amide bonds. The molecule has 1 heterocycles. The van der Waals surface area contributed by atoms with Crippen LogP contribution in [-0.4, -0.2) is 31.0 Å². The van der Waals surface area contributed by atoms with Gasteiger partial charge in [-0.15, -0.1) is 0 Å². The van der Waals surface area contributed by atoms with E-state index >= 15 is 0 Å². The lowest BCUT2D eigenvalue weighted by Gasteiger charge is -2.17. The van der Waals surface area contributed by atoms with Crippen LogP contribution in [0.25, 0.3) is 0 Å². The summed E-state index contributed by atoms with van der Waals surface area (Å²) in [6.07, 6.45) is 0.349. The van der Waals surface area contributed by atoms with E-state index < -0.39 is 12.1 Å². The lowest BCUT2D eigenvalue weighted by atomic mass is 10.1. The van der Waals surface area contributed by atoms with Crippen LogP contribution in [0.4, 0.5) is 0 Å². The second-order valence-corrected chi connectivity index (χ2v) is 4.58. The monoisotopic (exact) mass is 281 g/mol. The average molecular weight is 281 g/mol. The number of carbonyl (C=O) groups is 1. The number of hydrogen-bond donors (Lipinski definition) is 2. The van der Waals surface area contributed by atoms with Gasteiger partial charge in [-0.05, 0) is 19.5 Å². The first-order valence-corrected chi connectivity index (χ1v) is 6.62. The molecule has 20 heavy (non-hydrogen) atoms. The molecule has 1 aromatic rings. The molecule has 1 aliphatic rings. The smallest absolute Gasteiger partial charge is 0.344 e. The van der Waals surface area contributed by atoms with Crippen LogP contribution in [0.2, 0.25) is 0 Å². The standard InChI is InChI=1S/C14H19NO5/c1-3-4-10(14(16)17)20-11-6-13-12(18-8-19-13)5-9(11)7-15-2/h5-6,10,15H,3-4,7-8H2,1-2H3,(H,16,17). The highest BCUT2D eigenvalue weighted by Gasteiger charge is 2.23. The van der Waals surface area contributed by atoms with Crippen molar-refractivity contribution in [3.63, 3.8) is 0 Å². The lowest BCUT2D eigenvalue weighted by molar-refractivity contribution is -0.145. The van der Waals surface area contributed by atoms with Gasteiger partial charge in [0, 0.05) is 18.2 Å². The highest BCUT2D eigenvalue weighted by atomic mass is 16.7. The van der Waals surface area contributed by atoms with Crippen LogP contribution < -0.4 is 19.5 Å². The molecule has 0 aromatic heterocycles. The molecule has 1 unspecified atom stereocenters. The molecular weight excluding hydrogens is 262 g/mol. The summed E-state index contributed by atoms with van der Waals surface area (Å²) >= 11 is 0. The summed E-state index contributed by atoms with van der Waals surface area (Å²) in [6, 6.07) is 3.51. The van der Waals surface area contributed by atoms with E-state index in [1.54, 1.807) is 6.07 Å². The maximum Gasteiger partial charge on any atom is 0.344 e. The minimum absolute atomic E-state index is 0.176. The van der Waals surface area contributed by atoms with Crippen LogP contribution in [0.1, 0.15) is 25.3 Å². The fraction of sp³-hybridized carbons (Fsp3) is 0.500. The Kier molecular flexibility index (Phi) is 4.68. The van der Waals surface area contributed by atoms with Crippen LogP contribution in [0, 0.1) is 0 Å². The second kappa shape index (κ2) is 6.47. The molecule has 0 fully saturated rings. The number of fused-ring (bicyclic) bond motifs is 1. The van der Waals surface area contributed by atoms with Crippen LogP contribution in [0.15, 0.2) is 12.1 Å². The van der Waals surface area contributed by atoms with Gasteiger partial charge in [0.15, 0.2) is 17.6 Å². The summed E-state index contributed by atoms with van der Waals surface area (Å²) in [5.74, 6) is 0.801. The Morgan fingerprint density at radius 3 is 2.75 bits per heavy atom. The van der Waals surface area contributed by atoms with Gasteiger partial charge >= 0.3 is 5.97 Å². The molecule has 6 heteroatoms. The van der Waals surface area contributed by atoms with Gasteiger partial charge in [-0.1, -0.05) is 13.3 Å². The Hall–Kier alpha value is -1.95. The zero-order valence-corrected chi connectivity index (χ0v) is 11.6. The number of carboxylic acid groups (broad SMARTS) is 1. The minimum atomic E-state index is -0.958. The number of ether oxygens (including phenoxy) is 3. The number of aliphatic carboxylic acids is 1. The third-order valence-corrected chi connectivity index (χ3v) is 3.02. The van der Waals surface area contributed by atoms with Gasteiger partial charge in [-0.25, -0.2) is 4.79 Å². The molecule has 0 saturated carbocycles. The predicted octanol–water partition coefficient (Wildman–Crippen LogP) is 1.77. The van der Waals surface area contributed by atoms with Crippen LogP contribution in [0.5, 0.6) is 17.2 Å². The van der Waals surface area contributed by atoms with Crippen molar-refractivity contribution < 1.29 is 24.1 Å². The second-order valence-electron chi connectivity index (χ2n) is 4.58. The summed E-state index contributed by atoms with van der Waals surface area (Å²) in [6.45, 7) is 2.66. The van der Waals surface area contributed by atoms with Gasteiger partial charge in [0.25, 0.3) is 0 Å². The highest BCUT2D eigenvalue weighted by Crippen LogP contribution is 2.38. The molecule has 0 spiro atoms. The molecule has 1 aromatic carbocycles. The van der Waals surface area contributed by atoms with Gasteiger partial charge in [0.2, 0.25) is 6.79 Å². The van der Waals surface area contributed by atoms with E-state index in [0.717, 1.165) is 12.0 Å². The van der Waals surface area contributed by atoms with Crippen molar-refractivity contribution in [2.45, 2.75) is 32.4 Å². The number of benzene rings is 1. The van der Waals surface area contributed by atoms with Crippen molar-refractivity contribution in [1.29, 1.82) is 0 Å². The van der Waals surface area contributed by atoms with Gasteiger partial charge < -0.3 is 24.6 Å². The fourth-order valence-electron chi connectivity index (χ4n) is 2.05. The molecular formula is C14H19NO5. The van der Waals surface area contributed by atoms with Crippen molar-refractivity contribution in [3.8, 4) is 17.2 Å². The van der Waals surface area contributed by atoms with Crippen molar-refractivity contribution in [1.82, 2.24) is 5.32 Å². The van der Waals surface area contributed by atoms with Crippen LogP contribution >= 0.6 is 0 Å². The molecule has 1 atom stereocenters. The summed E-state index contributed by atoms with van der Waals surface area (Å²) in [7, 11) is 1.81. The third-order valence-electron chi connectivity index (χ3n) is 3.02. The van der Waals surface area contributed by atoms with Crippen molar-refractivity contribution >= 4 is 5.97 Å². The van der Waals surface area contributed by atoms with E-state index in [-0.39, 0.29) is 6.79 Å². The van der Waals surface area contributed by atoms with Crippen molar-refractivity contribution in [2.24, 2.45) is 0 Å². The zero-order chi connectivity index (χ0) is 14.5. The van der Waals surface area contributed by atoms with E-state index in [9.17, 15) is 9.90 Å². The lowest BCUT2D eigenvalue weighted by Crippen LogP contribution is -2.27. The maximum atomic E-state index is 11.2. The normalized spacial score (nSPS) is 14.1. The first-order chi connectivity index (χ1) is 9.65. The quantitative estimate of drug-likeness (QED) is 0.793. The Labute approximate surface area is 117 Å². The first-order valence-electron chi connectivity index (χ1n) is 6.62. The summed E-state index contributed by atoms with van der Waals surface area (Å²) in [5.41, 5.74) is 0.846. The zero-order valence-electron chi connectivity index (χ0n) is 11.6. The molecule has 1 aliphatic heterocycles. The molecule has 0 bridgehead atoms. The number of carboxylic acids is 1. The third kappa shape index (κ3) is 3.14. The van der Waals surface area contributed by atoms with Crippen molar-refractivity contribution in [2.75, 3.05) is 13.8 Å². The SMILES string of the molecule is CCCC(Oc1cc2c(cc1CNC)OCO2)C(=O)O. The molecule has 0 radical (unpaired) electrons. The highest BCUT2D eigenvalue weighted by molar-refractivity contribution is 5.73. The number of nitrogens with one attached hydrogen (secondary N) is 1. The van der Waals surface area contributed by atoms with Crippen LogP contribution in [0.3, 0.4) is 0 Å². The summed E-state index contributed by atoms with van der Waals surface area (Å²) in [5, 5.41) is 12.2. The first kappa shape index (κ1) is 14.5. The summed E-state index contributed by atoms with van der Waals surface area (Å²) < 4.78 is 16.3. The average Bonchev–Trinajstić information content (AvgIpc) is 2.85. The topological polar surface area (TPSA) is 77.0 Å². The molecule has 110 valence electrons. The van der Waals surface area contributed by atoms with Gasteiger partial charge in [-0.2, -0.15) is 0 Å². The predicted molar refractivity (Wildman–Crippen MR) is 72.3 cm³/mol. The number of hydrogen-bond acceptors (Lipinski definition) is 5. The molecule has 6 nitrogen and oxygen atoms in total. The van der Waals surface area contributed by atoms with E-state index in [0.29, 0.717) is 30.2 Å². The molecule has 2 rings (SSSR count). The molecule has 2 N–H and O–H groups in total. The van der Waals surface area contributed by atoms with E-state index in [2.05, 4.69) is 5.32 Å². The maximum absolute atomic E-state index is 11.2. The van der Waals surface area contributed by atoms with Gasteiger partial charge in [0.1, 0.15) is 5.75 Å².